The van der Waals surface area contributed by atoms with Crippen LogP contribution in [0, 0.1) is 12.7 Å². The van der Waals surface area contributed by atoms with E-state index in [1.54, 1.807) is 37.5 Å². The van der Waals surface area contributed by atoms with Crippen LogP contribution in [0.15, 0.2) is 48.8 Å². The van der Waals surface area contributed by atoms with E-state index < -0.39 is 11.9 Å². The van der Waals surface area contributed by atoms with Gasteiger partial charge >= 0.3 is 0 Å². The second-order valence-electron chi connectivity index (χ2n) is 5.63. The minimum Gasteiger partial charge on any atom is -0.270 e. The number of amides is 1. The van der Waals surface area contributed by atoms with Crippen molar-refractivity contribution in [2.45, 2.75) is 26.0 Å². The monoisotopic (exact) mass is 356 g/mol. The van der Waals surface area contributed by atoms with E-state index in [9.17, 15) is 9.18 Å². The van der Waals surface area contributed by atoms with E-state index in [2.05, 4.69) is 26.0 Å². The number of tetrazole rings is 1. The first-order valence-corrected chi connectivity index (χ1v) is 7.93. The summed E-state index contributed by atoms with van der Waals surface area (Å²) in [5, 5.41) is 11.3. The first-order chi connectivity index (χ1) is 12.6. The van der Waals surface area contributed by atoms with Crippen molar-refractivity contribution in [2.24, 2.45) is 0 Å². The largest absolute Gasteiger partial charge is 0.270 e. The molecule has 2 heterocycles. The number of hydrogen-bond acceptors (Lipinski definition) is 6. The fourth-order valence-corrected chi connectivity index (χ4v) is 2.40. The number of aryl methyl sites for hydroxylation is 1. The van der Waals surface area contributed by atoms with Gasteiger partial charge < -0.3 is 0 Å². The first-order valence-electron chi connectivity index (χ1n) is 7.93. The first kappa shape index (κ1) is 17.6. The highest BCUT2D eigenvalue weighted by Gasteiger charge is 2.24. The summed E-state index contributed by atoms with van der Waals surface area (Å²) in [6.07, 6.45) is 3.59. The molecule has 0 aliphatic rings. The number of hydroxylamine groups is 1. The van der Waals surface area contributed by atoms with Crippen LogP contribution in [-0.4, -0.2) is 31.1 Å². The van der Waals surface area contributed by atoms with Crippen LogP contribution in [0.4, 0.5) is 4.39 Å². The summed E-state index contributed by atoms with van der Waals surface area (Å²) in [6, 6.07) is 8.80. The van der Waals surface area contributed by atoms with Gasteiger partial charge in [0.25, 0.3) is 5.91 Å². The van der Waals surface area contributed by atoms with Crippen molar-refractivity contribution in [1.82, 2.24) is 30.7 Å². The maximum absolute atomic E-state index is 13.1. The molecule has 134 valence electrons. The molecule has 1 amide bonds. The fourth-order valence-electron chi connectivity index (χ4n) is 2.40. The Bertz CT molecular complexity index is 853. The van der Waals surface area contributed by atoms with E-state index in [1.165, 1.54) is 16.8 Å². The summed E-state index contributed by atoms with van der Waals surface area (Å²) < 4.78 is 14.5. The minimum absolute atomic E-state index is 0.178. The predicted octanol–water partition coefficient (Wildman–Crippen LogP) is 1.55. The summed E-state index contributed by atoms with van der Waals surface area (Å²) in [4.78, 5) is 21.9. The number of aromatic nitrogens is 5. The van der Waals surface area contributed by atoms with Crippen LogP contribution in [0.25, 0.3) is 0 Å². The van der Waals surface area contributed by atoms with Gasteiger partial charge in [0.1, 0.15) is 24.3 Å². The van der Waals surface area contributed by atoms with Crippen molar-refractivity contribution >= 4 is 5.91 Å². The Morgan fingerprint density at radius 3 is 2.73 bits per heavy atom. The molecule has 0 bridgehead atoms. The van der Waals surface area contributed by atoms with Gasteiger partial charge in [0, 0.05) is 18.8 Å². The molecule has 0 spiro atoms. The van der Waals surface area contributed by atoms with Crippen LogP contribution in [0.3, 0.4) is 0 Å². The Kier molecular flexibility index (Phi) is 5.59. The topological polar surface area (TPSA) is 94.8 Å². The third kappa shape index (κ3) is 4.45. The lowest BCUT2D eigenvalue weighted by atomic mass is 10.1. The average molecular weight is 356 g/mol. The van der Waals surface area contributed by atoms with Crippen LogP contribution in [0.2, 0.25) is 0 Å². The van der Waals surface area contributed by atoms with Crippen LogP contribution >= 0.6 is 0 Å². The van der Waals surface area contributed by atoms with Gasteiger partial charge in [-0.2, -0.15) is 0 Å². The van der Waals surface area contributed by atoms with Crippen LogP contribution in [0.1, 0.15) is 23.0 Å². The molecule has 26 heavy (non-hydrogen) atoms. The molecule has 0 aliphatic heterocycles. The van der Waals surface area contributed by atoms with E-state index in [1.807, 2.05) is 6.07 Å². The number of carbonyl (C=O) groups is 1. The molecular formula is C17H17FN6O2. The van der Waals surface area contributed by atoms with Crippen molar-refractivity contribution in [1.29, 1.82) is 0 Å². The quantitative estimate of drug-likeness (QED) is 0.646. The molecule has 8 nitrogen and oxygen atoms in total. The number of benzene rings is 1. The number of nitrogens with one attached hydrogen (secondary N) is 1. The Labute approximate surface area is 149 Å². The van der Waals surface area contributed by atoms with E-state index in [4.69, 9.17) is 4.84 Å². The molecule has 1 unspecified atom stereocenters. The van der Waals surface area contributed by atoms with E-state index in [0.717, 1.165) is 11.1 Å². The SMILES string of the molecule is Cc1nnnn1C(Cc1ccc(F)cc1)C(=O)NOCc1cccnc1. The van der Waals surface area contributed by atoms with Crippen molar-refractivity contribution in [2.75, 3.05) is 0 Å². The molecular weight excluding hydrogens is 339 g/mol. The van der Waals surface area contributed by atoms with Crippen molar-refractivity contribution < 1.29 is 14.0 Å². The molecule has 9 heteroatoms. The third-order valence-corrected chi connectivity index (χ3v) is 3.73. The number of halogens is 1. The molecule has 3 aromatic rings. The molecule has 1 N–H and O–H groups in total. The third-order valence-electron chi connectivity index (χ3n) is 3.73. The van der Waals surface area contributed by atoms with Crippen molar-refractivity contribution in [3.63, 3.8) is 0 Å². The summed E-state index contributed by atoms with van der Waals surface area (Å²) >= 11 is 0. The lowest BCUT2D eigenvalue weighted by Gasteiger charge is -2.17. The summed E-state index contributed by atoms with van der Waals surface area (Å²) in [6.45, 7) is 1.87. The molecule has 0 saturated heterocycles. The zero-order valence-corrected chi connectivity index (χ0v) is 14.0. The zero-order valence-electron chi connectivity index (χ0n) is 14.0. The number of nitrogens with zero attached hydrogens (tertiary/aromatic N) is 5. The van der Waals surface area contributed by atoms with E-state index >= 15 is 0 Å². The average Bonchev–Trinajstić information content (AvgIpc) is 3.07. The second kappa shape index (κ2) is 8.26. The lowest BCUT2D eigenvalue weighted by molar-refractivity contribution is -0.138. The summed E-state index contributed by atoms with van der Waals surface area (Å²) in [5.41, 5.74) is 4.01. The van der Waals surface area contributed by atoms with Crippen molar-refractivity contribution in [3.05, 3.63) is 71.6 Å². The minimum atomic E-state index is -0.732. The standard InChI is InChI=1S/C17H17FN6O2/c1-12-20-22-23-24(12)16(9-13-4-6-15(18)7-5-13)17(25)21-26-11-14-3-2-8-19-10-14/h2-8,10,16H,9,11H2,1H3,(H,21,25). The molecule has 2 aromatic heterocycles. The Morgan fingerprint density at radius 2 is 2.08 bits per heavy atom. The highest BCUT2D eigenvalue weighted by atomic mass is 19.1. The highest BCUT2D eigenvalue weighted by Crippen LogP contribution is 2.16. The van der Waals surface area contributed by atoms with Gasteiger partial charge in [-0.15, -0.1) is 5.10 Å². The van der Waals surface area contributed by atoms with E-state index in [0.29, 0.717) is 5.82 Å². The number of carbonyl (C=O) groups excluding carboxylic acids is 1. The van der Waals surface area contributed by atoms with Gasteiger partial charge in [-0.25, -0.2) is 14.6 Å². The van der Waals surface area contributed by atoms with E-state index in [-0.39, 0.29) is 18.8 Å². The van der Waals surface area contributed by atoms with Gasteiger partial charge in [0.05, 0.1) is 0 Å². The zero-order chi connectivity index (χ0) is 18.4. The maximum atomic E-state index is 13.1. The van der Waals surface area contributed by atoms with Gasteiger partial charge in [-0.1, -0.05) is 18.2 Å². The summed E-state index contributed by atoms with van der Waals surface area (Å²) in [7, 11) is 0. The fraction of sp³-hybridized carbons (Fsp3) is 0.235. The lowest BCUT2D eigenvalue weighted by Crippen LogP contribution is -2.35. The molecule has 3 rings (SSSR count). The van der Waals surface area contributed by atoms with Gasteiger partial charge in [0.2, 0.25) is 0 Å². The van der Waals surface area contributed by atoms with Crippen molar-refractivity contribution in [3.8, 4) is 0 Å². The Hall–Kier alpha value is -3.20. The van der Waals surface area contributed by atoms with Gasteiger partial charge in [0.15, 0.2) is 0 Å². The van der Waals surface area contributed by atoms with Gasteiger partial charge in [-0.3, -0.25) is 14.6 Å². The molecule has 0 aliphatic carbocycles. The predicted molar refractivity (Wildman–Crippen MR) is 88.9 cm³/mol. The second-order valence-corrected chi connectivity index (χ2v) is 5.63. The van der Waals surface area contributed by atoms with Crippen LogP contribution in [0.5, 0.6) is 0 Å². The number of hydrogen-bond donors (Lipinski definition) is 1. The maximum Gasteiger partial charge on any atom is 0.268 e. The molecule has 1 atom stereocenters. The Morgan fingerprint density at radius 1 is 1.27 bits per heavy atom. The number of rotatable bonds is 7. The molecule has 1 aromatic carbocycles. The smallest absolute Gasteiger partial charge is 0.268 e. The van der Waals surface area contributed by atoms with Crippen LogP contribution < -0.4 is 5.48 Å². The number of pyridine rings is 1. The molecule has 0 radical (unpaired) electrons. The van der Waals surface area contributed by atoms with Gasteiger partial charge in [-0.05, 0) is 46.7 Å². The normalized spacial score (nSPS) is 11.9. The Balaban J connectivity index is 1.69. The summed E-state index contributed by atoms with van der Waals surface area (Å²) in [5.74, 6) is -0.263. The molecule has 0 saturated carbocycles. The highest BCUT2D eigenvalue weighted by molar-refractivity contribution is 5.79. The van der Waals surface area contributed by atoms with Crippen LogP contribution in [-0.2, 0) is 22.7 Å². The molecule has 0 fully saturated rings.